The first-order valence-electron chi connectivity index (χ1n) is 5.14. The predicted octanol–water partition coefficient (Wildman–Crippen LogP) is 0.626. The molecule has 19 heavy (non-hydrogen) atoms. The molecule has 0 aromatic carbocycles. The monoisotopic (exact) mass is 280 g/mol. The quantitative estimate of drug-likeness (QED) is 0.837. The van der Waals surface area contributed by atoms with Gasteiger partial charge in [-0.25, -0.2) is 4.98 Å². The summed E-state index contributed by atoms with van der Waals surface area (Å²) in [4.78, 5) is 36.9. The third-order valence-electron chi connectivity index (χ3n) is 2.08. The van der Waals surface area contributed by atoms with Gasteiger partial charge in [-0.3, -0.25) is 19.7 Å². The van der Waals surface area contributed by atoms with Gasteiger partial charge in [0.1, 0.15) is 0 Å². The Hall–Kier alpha value is -2.42. The number of nitrogens with zero attached hydrogens (tertiary/aromatic N) is 3. The summed E-state index contributed by atoms with van der Waals surface area (Å²) in [5.74, 6) is -1.99. The SMILES string of the molecule is O=C(O)Cc1csc(NC(=O)C2C=CC(=O)N=N2)n1. The molecule has 0 saturated heterocycles. The summed E-state index contributed by atoms with van der Waals surface area (Å²) in [6.07, 6.45) is 2.29. The smallest absolute Gasteiger partial charge is 0.309 e. The number of carboxylic acids is 1. The lowest BCUT2D eigenvalue weighted by Crippen LogP contribution is -2.25. The molecule has 9 heteroatoms. The largest absolute Gasteiger partial charge is 0.481 e. The topological polar surface area (TPSA) is 121 Å². The highest BCUT2D eigenvalue weighted by Gasteiger charge is 2.19. The van der Waals surface area contributed by atoms with E-state index in [-0.39, 0.29) is 11.6 Å². The number of hydrogen-bond acceptors (Lipinski definition) is 6. The molecule has 0 bridgehead atoms. The molecular weight excluding hydrogens is 272 g/mol. The Morgan fingerprint density at radius 2 is 2.26 bits per heavy atom. The molecule has 2 amide bonds. The average Bonchev–Trinajstić information content (AvgIpc) is 2.76. The number of carbonyl (C=O) groups excluding carboxylic acids is 2. The molecule has 1 unspecified atom stereocenters. The number of amides is 2. The molecule has 8 nitrogen and oxygen atoms in total. The zero-order valence-corrected chi connectivity index (χ0v) is 10.3. The molecule has 0 saturated carbocycles. The van der Waals surface area contributed by atoms with E-state index in [1.807, 2.05) is 0 Å². The van der Waals surface area contributed by atoms with Crippen LogP contribution in [0, 0.1) is 0 Å². The molecule has 0 spiro atoms. The van der Waals surface area contributed by atoms with Gasteiger partial charge in [0.15, 0.2) is 11.2 Å². The maximum Gasteiger partial charge on any atom is 0.309 e. The second-order valence-corrected chi connectivity index (χ2v) is 4.42. The number of thiazole rings is 1. The van der Waals surface area contributed by atoms with Gasteiger partial charge in [0.25, 0.3) is 11.8 Å². The van der Waals surface area contributed by atoms with E-state index >= 15 is 0 Å². The molecule has 1 atom stereocenters. The molecule has 1 aliphatic heterocycles. The van der Waals surface area contributed by atoms with E-state index in [2.05, 4.69) is 20.5 Å². The van der Waals surface area contributed by atoms with Gasteiger partial charge in [0.2, 0.25) is 0 Å². The molecule has 2 N–H and O–H groups in total. The third-order valence-corrected chi connectivity index (χ3v) is 2.89. The highest BCUT2D eigenvalue weighted by molar-refractivity contribution is 7.13. The van der Waals surface area contributed by atoms with E-state index in [1.54, 1.807) is 5.38 Å². The Morgan fingerprint density at radius 1 is 1.47 bits per heavy atom. The van der Waals surface area contributed by atoms with Gasteiger partial charge in [-0.15, -0.1) is 16.5 Å². The highest BCUT2D eigenvalue weighted by Crippen LogP contribution is 2.17. The summed E-state index contributed by atoms with van der Waals surface area (Å²) < 4.78 is 0. The molecule has 1 aliphatic rings. The predicted molar refractivity (Wildman–Crippen MR) is 64.9 cm³/mol. The van der Waals surface area contributed by atoms with Gasteiger partial charge in [-0.1, -0.05) is 0 Å². The summed E-state index contributed by atoms with van der Waals surface area (Å²) in [6.45, 7) is 0. The molecule has 0 aliphatic carbocycles. The van der Waals surface area contributed by atoms with Crippen molar-refractivity contribution in [2.45, 2.75) is 12.5 Å². The van der Waals surface area contributed by atoms with Crippen LogP contribution in [0.25, 0.3) is 0 Å². The number of hydrogen-bond donors (Lipinski definition) is 2. The van der Waals surface area contributed by atoms with Crippen molar-refractivity contribution in [3.8, 4) is 0 Å². The lowest BCUT2D eigenvalue weighted by atomic mass is 10.2. The van der Waals surface area contributed by atoms with Crippen LogP contribution in [-0.4, -0.2) is 33.9 Å². The van der Waals surface area contributed by atoms with Crippen molar-refractivity contribution in [3.05, 3.63) is 23.2 Å². The van der Waals surface area contributed by atoms with Crippen LogP contribution in [-0.2, 0) is 20.8 Å². The van der Waals surface area contributed by atoms with Crippen LogP contribution in [0.2, 0.25) is 0 Å². The Morgan fingerprint density at radius 3 is 2.89 bits per heavy atom. The van der Waals surface area contributed by atoms with Crippen molar-refractivity contribution in [1.82, 2.24) is 4.98 Å². The Balaban J connectivity index is 1.97. The van der Waals surface area contributed by atoms with Crippen molar-refractivity contribution >= 4 is 34.3 Å². The van der Waals surface area contributed by atoms with E-state index in [0.29, 0.717) is 5.69 Å². The third kappa shape index (κ3) is 3.52. The van der Waals surface area contributed by atoms with Crippen LogP contribution >= 0.6 is 11.3 Å². The van der Waals surface area contributed by atoms with Crippen molar-refractivity contribution in [3.63, 3.8) is 0 Å². The van der Waals surface area contributed by atoms with Crippen LogP contribution in [0.15, 0.2) is 27.8 Å². The van der Waals surface area contributed by atoms with Gasteiger partial charge < -0.3 is 5.11 Å². The zero-order chi connectivity index (χ0) is 13.8. The molecule has 1 aromatic rings. The molecule has 2 rings (SSSR count). The number of aliphatic carboxylic acids is 1. The fraction of sp³-hybridized carbons (Fsp3) is 0.200. The van der Waals surface area contributed by atoms with Gasteiger partial charge in [0, 0.05) is 11.5 Å². The summed E-state index contributed by atoms with van der Waals surface area (Å²) in [5.41, 5.74) is 0.365. The maximum atomic E-state index is 11.7. The average molecular weight is 280 g/mol. The summed E-state index contributed by atoms with van der Waals surface area (Å²) in [7, 11) is 0. The first kappa shape index (κ1) is 13.0. The molecule has 2 heterocycles. The number of carbonyl (C=O) groups is 3. The number of rotatable bonds is 4. The normalized spacial score (nSPS) is 17.5. The van der Waals surface area contributed by atoms with Crippen molar-refractivity contribution in [1.29, 1.82) is 0 Å². The highest BCUT2D eigenvalue weighted by atomic mass is 32.1. The fourth-order valence-electron chi connectivity index (χ4n) is 1.28. The minimum atomic E-state index is -0.995. The number of anilines is 1. The Bertz CT molecular complexity index is 576. The van der Waals surface area contributed by atoms with Crippen molar-refractivity contribution < 1.29 is 19.5 Å². The molecule has 0 fully saturated rings. The molecule has 0 radical (unpaired) electrons. The lowest BCUT2D eigenvalue weighted by Gasteiger charge is -2.07. The minimum Gasteiger partial charge on any atom is -0.481 e. The maximum absolute atomic E-state index is 11.7. The minimum absolute atomic E-state index is 0.204. The number of azo groups is 1. The lowest BCUT2D eigenvalue weighted by molar-refractivity contribution is -0.136. The number of aromatic nitrogens is 1. The van der Waals surface area contributed by atoms with Crippen LogP contribution in [0.1, 0.15) is 5.69 Å². The Labute approximate surface area is 110 Å². The van der Waals surface area contributed by atoms with Crippen LogP contribution in [0.4, 0.5) is 5.13 Å². The van der Waals surface area contributed by atoms with Crippen molar-refractivity contribution in [2.24, 2.45) is 10.2 Å². The van der Waals surface area contributed by atoms with E-state index in [1.165, 1.54) is 6.08 Å². The first-order chi connectivity index (χ1) is 9.04. The van der Waals surface area contributed by atoms with Gasteiger partial charge >= 0.3 is 5.97 Å². The van der Waals surface area contributed by atoms with E-state index in [9.17, 15) is 14.4 Å². The second-order valence-electron chi connectivity index (χ2n) is 3.56. The fourth-order valence-corrected chi connectivity index (χ4v) is 2.00. The van der Waals surface area contributed by atoms with Gasteiger partial charge in [0.05, 0.1) is 12.1 Å². The van der Waals surface area contributed by atoms with Gasteiger partial charge in [-0.2, -0.15) is 5.11 Å². The number of carboxylic acid groups (broad SMARTS) is 1. The van der Waals surface area contributed by atoms with E-state index in [4.69, 9.17) is 5.11 Å². The first-order valence-corrected chi connectivity index (χ1v) is 6.02. The number of nitrogens with one attached hydrogen (secondary N) is 1. The van der Waals surface area contributed by atoms with E-state index < -0.39 is 23.8 Å². The Kier molecular flexibility index (Phi) is 3.76. The van der Waals surface area contributed by atoms with Crippen LogP contribution < -0.4 is 5.32 Å². The zero-order valence-electron chi connectivity index (χ0n) is 9.44. The summed E-state index contributed by atoms with van der Waals surface area (Å²) >= 11 is 1.11. The van der Waals surface area contributed by atoms with Gasteiger partial charge in [-0.05, 0) is 6.08 Å². The van der Waals surface area contributed by atoms with Crippen LogP contribution in [0.3, 0.4) is 0 Å². The molecule has 98 valence electrons. The second kappa shape index (κ2) is 5.48. The summed E-state index contributed by atoms with van der Waals surface area (Å²) in [5, 5.41) is 19.7. The standard InChI is InChI=1S/C10H8N4O4S/c15-7-2-1-6(13-14-7)9(18)12-10-11-5(4-19-10)3-8(16)17/h1-2,4,6H,3H2,(H,16,17)(H,11,12,18). The van der Waals surface area contributed by atoms with Crippen LogP contribution in [0.5, 0.6) is 0 Å². The summed E-state index contributed by atoms with van der Waals surface area (Å²) in [6, 6.07) is -0.871. The molecule has 1 aromatic heterocycles. The van der Waals surface area contributed by atoms with E-state index in [0.717, 1.165) is 17.4 Å². The molecular formula is C10H8N4O4S. The van der Waals surface area contributed by atoms with Crippen molar-refractivity contribution in [2.75, 3.05) is 5.32 Å².